The Morgan fingerprint density at radius 1 is 1.12 bits per heavy atom. The number of H-pyrrole nitrogens is 1. The Hall–Kier alpha value is -2.62. The minimum absolute atomic E-state index is 0.0319. The number of nitrogens with one attached hydrogen (secondary N) is 2. The highest BCUT2D eigenvalue weighted by molar-refractivity contribution is 5.90. The highest BCUT2D eigenvalue weighted by Crippen LogP contribution is 2.29. The molecule has 0 radical (unpaired) electrons. The van der Waals surface area contributed by atoms with Crippen molar-refractivity contribution in [2.24, 2.45) is 0 Å². The second kappa shape index (κ2) is 5.78. The molecule has 3 aromatic rings. The first-order chi connectivity index (χ1) is 11.3. The number of pyridine rings is 2. The number of benzene rings is 1. The zero-order valence-corrected chi connectivity index (χ0v) is 14.8. The van der Waals surface area contributed by atoms with Crippen LogP contribution in [-0.2, 0) is 5.41 Å². The molecular weight excluding hydrogens is 298 g/mol. The van der Waals surface area contributed by atoms with Crippen LogP contribution in [0.3, 0.4) is 0 Å². The Bertz CT molecular complexity index is 965. The van der Waals surface area contributed by atoms with Crippen LogP contribution < -0.4 is 10.7 Å². The van der Waals surface area contributed by atoms with E-state index in [1.807, 2.05) is 6.07 Å². The van der Waals surface area contributed by atoms with Crippen LogP contribution in [0, 0.1) is 6.92 Å². The van der Waals surface area contributed by atoms with Gasteiger partial charge < -0.3 is 10.3 Å². The molecule has 2 N–H and O–H groups in total. The van der Waals surface area contributed by atoms with Crippen molar-refractivity contribution in [3.8, 4) is 11.3 Å². The van der Waals surface area contributed by atoms with Crippen LogP contribution in [0.25, 0.3) is 22.2 Å². The molecule has 4 heteroatoms. The van der Waals surface area contributed by atoms with E-state index < -0.39 is 0 Å². The molecule has 0 aliphatic rings. The molecule has 4 nitrogen and oxygen atoms in total. The van der Waals surface area contributed by atoms with Crippen molar-refractivity contribution in [3.63, 3.8) is 0 Å². The van der Waals surface area contributed by atoms with E-state index in [9.17, 15) is 4.79 Å². The summed E-state index contributed by atoms with van der Waals surface area (Å²) in [5.74, 6) is 0.597. The molecule has 0 fully saturated rings. The largest absolute Gasteiger partial charge is 0.372 e. The van der Waals surface area contributed by atoms with Gasteiger partial charge in [0.1, 0.15) is 5.82 Å². The van der Waals surface area contributed by atoms with Gasteiger partial charge in [0.2, 0.25) is 0 Å². The Morgan fingerprint density at radius 2 is 1.88 bits per heavy atom. The molecule has 0 atom stereocenters. The van der Waals surface area contributed by atoms with E-state index in [0.717, 1.165) is 22.3 Å². The van der Waals surface area contributed by atoms with Gasteiger partial charge in [0, 0.05) is 30.6 Å². The van der Waals surface area contributed by atoms with E-state index in [-0.39, 0.29) is 10.8 Å². The van der Waals surface area contributed by atoms with Gasteiger partial charge in [-0.25, -0.2) is 4.98 Å². The molecule has 124 valence electrons. The van der Waals surface area contributed by atoms with Crippen molar-refractivity contribution in [2.45, 2.75) is 33.1 Å². The third-order valence-corrected chi connectivity index (χ3v) is 4.36. The lowest BCUT2D eigenvalue weighted by molar-refractivity contribution is 0.590. The monoisotopic (exact) mass is 321 g/mol. The molecule has 3 rings (SSSR count). The van der Waals surface area contributed by atoms with Crippen LogP contribution in [-0.4, -0.2) is 17.0 Å². The van der Waals surface area contributed by atoms with Crippen molar-refractivity contribution in [1.82, 2.24) is 9.97 Å². The van der Waals surface area contributed by atoms with Crippen molar-refractivity contribution in [3.05, 3.63) is 57.9 Å². The fraction of sp³-hybridized carbons (Fsp3) is 0.300. The predicted molar refractivity (Wildman–Crippen MR) is 101 cm³/mol. The second-order valence-electron chi connectivity index (χ2n) is 7.16. The number of aryl methyl sites for hydroxylation is 1. The lowest BCUT2D eigenvalue weighted by Crippen LogP contribution is -2.11. The van der Waals surface area contributed by atoms with Crippen molar-refractivity contribution in [1.29, 1.82) is 0 Å². The van der Waals surface area contributed by atoms with E-state index in [0.29, 0.717) is 11.2 Å². The summed E-state index contributed by atoms with van der Waals surface area (Å²) in [6.07, 6.45) is 1.70. The van der Waals surface area contributed by atoms with E-state index in [4.69, 9.17) is 0 Å². The van der Waals surface area contributed by atoms with Gasteiger partial charge in [-0.3, -0.25) is 4.79 Å². The van der Waals surface area contributed by atoms with Gasteiger partial charge in [-0.15, -0.1) is 0 Å². The van der Waals surface area contributed by atoms with Crippen LogP contribution in [0.5, 0.6) is 0 Å². The first kappa shape index (κ1) is 16.2. The number of rotatable bonds is 2. The molecule has 0 spiro atoms. The van der Waals surface area contributed by atoms with E-state index in [2.05, 4.69) is 61.2 Å². The molecule has 0 aliphatic carbocycles. The maximum Gasteiger partial charge on any atom is 0.193 e. The molecular formula is C20H23N3O. The van der Waals surface area contributed by atoms with Gasteiger partial charge in [-0.05, 0) is 29.5 Å². The van der Waals surface area contributed by atoms with Gasteiger partial charge in [0.05, 0.1) is 10.9 Å². The summed E-state index contributed by atoms with van der Waals surface area (Å²) < 4.78 is 0. The normalized spacial score (nSPS) is 11.7. The Kier molecular flexibility index (Phi) is 3.91. The summed E-state index contributed by atoms with van der Waals surface area (Å²) >= 11 is 0. The van der Waals surface area contributed by atoms with Crippen LogP contribution in [0.2, 0.25) is 0 Å². The zero-order chi connectivity index (χ0) is 17.5. The van der Waals surface area contributed by atoms with E-state index >= 15 is 0 Å². The minimum atomic E-state index is -0.0319. The quantitative estimate of drug-likeness (QED) is 0.742. The van der Waals surface area contributed by atoms with Gasteiger partial charge in [0.25, 0.3) is 0 Å². The smallest absolute Gasteiger partial charge is 0.193 e. The second-order valence-corrected chi connectivity index (χ2v) is 7.16. The standard InChI is InChI=1S/C20H23N3O/c1-12-10-13(20(2,3)4)6-7-14(12)16-11-17(24)18-15(23-16)8-9-22-19(18)21-5/h6-11H,1-5H3,(H,21,22)(H,23,24). The molecule has 1 aromatic carbocycles. The SMILES string of the molecule is CNc1nccc2[nH]c(-c3ccc(C(C)(C)C)cc3C)cc(=O)c12. The third-order valence-electron chi connectivity index (χ3n) is 4.36. The fourth-order valence-corrected chi connectivity index (χ4v) is 2.97. The summed E-state index contributed by atoms with van der Waals surface area (Å²) in [4.78, 5) is 20.2. The Labute approximate surface area is 142 Å². The maximum absolute atomic E-state index is 12.6. The van der Waals surface area contributed by atoms with Gasteiger partial charge in [0.15, 0.2) is 5.43 Å². The molecule has 0 unspecified atom stereocenters. The summed E-state index contributed by atoms with van der Waals surface area (Å²) in [5, 5.41) is 3.56. The highest BCUT2D eigenvalue weighted by atomic mass is 16.1. The molecule has 0 saturated carbocycles. The summed E-state index contributed by atoms with van der Waals surface area (Å²) in [6.45, 7) is 8.68. The molecule has 2 aromatic heterocycles. The van der Waals surface area contributed by atoms with Crippen molar-refractivity contribution >= 4 is 16.7 Å². The molecule has 0 bridgehead atoms. The van der Waals surface area contributed by atoms with Gasteiger partial charge >= 0.3 is 0 Å². The van der Waals surface area contributed by atoms with Crippen LogP contribution in [0.1, 0.15) is 31.9 Å². The highest BCUT2D eigenvalue weighted by Gasteiger charge is 2.16. The predicted octanol–water partition coefficient (Wildman–Crippen LogP) is 4.24. The number of hydrogen-bond acceptors (Lipinski definition) is 3. The Balaban J connectivity index is 2.19. The number of hydrogen-bond donors (Lipinski definition) is 2. The van der Waals surface area contributed by atoms with Gasteiger partial charge in [-0.2, -0.15) is 0 Å². The average molecular weight is 321 g/mol. The molecule has 0 saturated heterocycles. The fourth-order valence-electron chi connectivity index (χ4n) is 2.97. The van der Waals surface area contributed by atoms with Gasteiger partial charge in [-0.1, -0.05) is 39.0 Å². The molecule has 24 heavy (non-hydrogen) atoms. The third kappa shape index (κ3) is 2.80. The number of nitrogens with zero attached hydrogens (tertiary/aromatic N) is 1. The van der Waals surface area contributed by atoms with Crippen molar-refractivity contribution < 1.29 is 0 Å². The van der Waals surface area contributed by atoms with Crippen LogP contribution in [0.4, 0.5) is 5.82 Å². The minimum Gasteiger partial charge on any atom is -0.372 e. The van der Waals surface area contributed by atoms with Crippen LogP contribution in [0.15, 0.2) is 41.3 Å². The lowest BCUT2D eigenvalue weighted by atomic mass is 9.85. The summed E-state index contributed by atoms with van der Waals surface area (Å²) in [6, 6.07) is 9.91. The molecule has 0 amide bonds. The molecule has 0 aliphatic heterocycles. The number of anilines is 1. The Morgan fingerprint density at radius 3 is 2.50 bits per heavy atom. The summed E-state index contributed by atoms with van der Waals surface area (Å²) in [7, 11) is 1.77. The first-order valence-corrected chi connectivity index (χ1v) is 8.12. The average Bonchev–Trinajstić information content (AvgIpc) is 2.53. The maximum atomic E-state index is 12.6. The number of fused-ring (bicyclic) bond motifs is 1. The van der Waals surface area contributed by atoms with E-state index in [1.54, 1.807) is 19.3 Å². The van der Waals surface area contributed by atoms with Crippen LogP contribution >= 0.6 is 0 Å². The topological polar surface area (TPSA) is 57.8 Å². The zero-order valence-electron chi connectivity index (χ0n) is 14.8. The van der Waals surface area contributed by atoms with E-state index in [1.165, 1.54) is 5.56 Å². The lowest BCUT2D eigenvalue weighted by Gasteiger charge is -2.20. The number of aromatic nitrogens is 2. The number of aromatic amines is 1. The van der Waals surface area contributed by atoms with Crippen molar-refractivity contribution in [2.75, 3.05) is 12.4 Å². The summed E-state index contributed by atoms with van der Waals surface area (Å²) in [5.41, 5.74) is 5.18. The molecule has 2 heterocycles. The first-order valence-electron chi connectivity index (χ1n) is 8.12.